The third kappa shape index (κ3) is 6.13. The third-order valence-electron chi connectivity index (χ3n) is 4.26. The average molecular weight is 354 g/mol. The predicted octanol–water partition coefficient (Wildman–Crippen LogP) is 3.57. The van der Waals surface area contributed by atoms with Crippen LogP contribution < -0.4 is 16.0 Å². The molecular formula is C18H28ClN3O2. The zero-order valence-electron chi connectivity index (χ0n) is 14.7. The molecule has 0 spiro atoms. The molecule has 1 rings (SSSR count). The number of benzene rings is 1. The van der Waals surface area contributed by atoms with Gasteiger partial charge in [-0.3, -0.25) is 15.4 Å². The quantitative estimate of drug-likeness (QED) is 0.594. The molecule has 0 saturated carbocycles. The van der Waals surface area contributed by atoms with E-state index in [1.54, 1.807) is 0 Å². The number of rotatable bonds is 9. The van der Waals surface area contributed by atoms with Gasteiger partial charge in [-0.05, 0) is 37.0 Å². The van der Waals surface area contributed by atoms with Gasteiger partial charge in [0.15, 0.2) is 0 Å². The number of halogens is 1. The maximum atomic E-state index is 12.0. The van der Waals surface area contributed by atoms with Crippen LogP contribution in [-0.4, -0.2) is 25.0 Å². The van der Waals surface area contributed by atoms with Crippen LogP contribution in [0.15, 0.2) is 24.3 Å². The number of nitrogens with one attached hydrogen (secondary N) is 3. The lowest BCUT2D eigenvalue weighted by molar-refractivity contribution is -0.119. The fraction of sp³-hybridized carbons (Fsp3) is 0.556. The smallest absolute Gasteiger partial charge is 0.321 e. The highest BCUT2D eigenvalue weighted by Gasteiger charge is 2.28. The molecule has 1 aromatic carbocycles. The SMILES string of the molecule is CCCCNC(=O)NC(=O)CNC(CC)(CC)c1ccc(Cl)cc1. The number of unbranched alkanes of at least 4 members (excludes halogenated alkanes) is 1. The number of hydrogen-bond acceptors (Lipinski definition) is 3. The van der Waals surface area contributed by atoms with Crippen molar-refractivity contribution in [2.24, 2.45) is 0 Å². The van der Waals surface area contributed by atoms with Crippen LogP contribution in [0.2, 0.25) is 5.02 Å². The van der Waals surface area contributed by atoms with E-state index in [0.29, 0.717) is 11.6 Å². The minimum Gasteiger partial charge on any atom is -0.338 e. The molecule has 6 heteroatoms. The highest BCUT2D eigenvalue weighted by Crippen LogP contribution is 2.29. The van der Waals surface area contributed by atoms with Crippen molar-refractivity contribution in [3.05, 3.63) is 34.9 Å². The van der Waals surface area contributed by atoms with E-state index in [1.807, 2.05) is 31.2 Å². The second-order valence-electron chi connectivity index (χ2n) is 5.81. The molecule has 1 aromatic rings. The van der Waals surface area contributed by atoms with Crippen LogP contribution in [0, 0.1) is 0 Å². The Hall–Kier alpha value is -1.59. The first-order chi connectivity index (χ1) is 11.5. The molecule has 0 fully saturated rings. The summed E-state index contributed by atoms with van der Waals surface area (Å²) in [6.45, 7) is 6.83. The van der Waals surface area contributed by atoms with Gasteiger partial charge in [-0.25, -0.2) is 4.79 Å². The van der Waals surface area contributed by atoms with Gasteiger partial charge >= 0.3 is 6.03 Å². The van der Waals surface area contributed by atoms with Crippen LogP contribution in [-0.2, 0) is 10.3 Å². The van der Waals surface area contributed by atoms with E-state index in [2.05, 4.69) is 29.8 Å². The molecule has 0 aliphatic carbocycles. The second-order valence-corrected chi connectivity index (χ2v) is 6.24. The molecule has 0 aromatic heterocycles. The van der Waals surface area contributed by atoms with Crippen LogP contribution in [0.5, 0.6) is 0 Å². The zero-order chi connectivity index (χ0) is 18.0. The lowest BCUT2D eigenvalue weighted by Gasteiger charge is -2.33. The maximum Gasteiger partial charge on any atom is 0.321 e. The van der Waals surface area contributed by atoms with Gasteiger partial charge in [0, 0.05) is 17.1 Å². The molecule has 0 saturated heterocycles. The lowest BCUT2D eigenvalue weighted by atomic mass is 9.84. The first-order valence-corrected chi connectivity index (χ1v) is 8.94. The van der Waals surface area contributed by atoms with Gasteiger partial charge in [0.05, 0.1) is 6.54 Å². The van der Waals surface area contributed by atoms with Crippen LogP contribution >= 0.6 is 11.6 Å². The van der Waals surface area contributed by atoms with E-state index in [-0.39, 0.29) is 18.0 Å². The Kier molecular flexibility index (Phi) is 8.79. The monoisotopic (exact) mass is 353 g/mol. The zero-order valence-corrected chi connectivity index (χ0v) is 15.5. The van der Waals surface area contributed by atoms with Crippen molar-refractivity contribution in [2.75, 3.05) is 13.1 Å². The Balaban J connectivity index is 2.61. The van der Waals surface area contributed by atoms with Gasteiger partial charge < -0.3 is 5.32 Å². The molecule has 0 bridgehead atoms. The van der Waals surface area contributed by atoms with Crippen molar-refractivity contribution in [2.45, 2.75) is 52.0 Å². The Bertz CT molecular complexity index is 528. The van der Waals surface area contributed by atoms with Crippen molar-refractivity contribution < 1.29 is 9.59 Å². The lowest BCUT2D eigenvalue weighted by Crippen LogP contribution is -2.49. The minimum atomic E-state index is -0.444. The van der Waals surface area contributed by atoms with Crippen molar-refractivity contribution in [1.29, 1.82) is 0 Å². The summed E-state index contributed by atoms with van der Waals surface area (Å²) in [5, 5.41) is 9.00. The summed E-state index contributed by atoms with van der Waals surface area (Å²) in [7, 11) is 0. The molecule has 0 aliphatic rings. The molecule has 0 aliphatic heterocycles. The Labute approximate surface area is 149 Å². The standard InChI is InChI=1S/C18H28ClN3O2/c1-4-7-12-20-17(24)22-16(23)13-21-18(5-2,6-3)14-8-10-15(19)11-9-14/h8-11,21H,4-7,12-13H2,1-3H3,(H2,20,22,23,24). The summed E-state index contributed by atoms with van der Waals surface area (Å²) >= 11 is 5.96. The largest absolute Gasteiger partial charge is 0.338 e. The van der Waals surface area contributed by atoms with E-state index in [1.165, 1.54) is 0 Å². The summed E-state index contributed by atoms with van der Waals surface area (Å²) in [5.41, 5.74) is 0.762. The van der Waals surface area contributed by atoms with Gasteiger partial charge in [-0.1, -0.05) is 50.9 Å². The molecule has 24 heavy (non-hydrogen) atoms. The van der Waals surface area contributed by atoms with Gasteiger partial charge in [0.1, 0.15) is 0 Å². The summed E-state index contributed by atoms with van der Waals surface area (Å²) in [6, 6.07) is 7.19. The van der Waals surface area contributed by atoms with Gasteiger partial charge in [0.2, 0.25) is 5.91 Å². The summed E-state index contributed by atoms with van der Waals surface area (Å²) in [6.07, 6.45) is 3.53. The highest BCUT2D eigenvalue weighted by atomic mass is 35.5. The molecule has 5 nitrogen and oxygen atoms in total. The number of urea groups is 1. The Morgan fingerprint density at radius 1 is 1.08 bits per heavy atom. The second kappa shape index (κ2) is 10.3. The molecule has 0 radical (unpaired) electrons. The minimum absolute atomic E-state index is 0.0749. The topological polar surface area (TPSA) is 70.2 Å². The first-order valence-electron chi connectivity index (χ1n) is 8.56. The molecule has 134 valence electrons. The van der Waals surface area contributed by atoms with Crippen LogP contribution in [0.25, 0.3) is 0 Å². The van der Waals surface area contributed by atoms with Gasteiger partial charge in [-0.15, -0.1) is 0 Å². The van der Waals surface area contributed by atoms with E-state index in [4.69, 9.17) is 11.6 Å². The number of hydrogen-bond donors (Lipinski definition) is 3. The molecule has 3 amide bonds. The molecule has 0 atom stereocenters. The normalized spacial score (nSPS) is 11.2. The van der Waals surface area contributed by atoms with Crippen LogP contribution in [0.1, 0.15) is 52.0 Å². The molecular weight excluding hydrogens is 326 g/mol. The Morgan fingerprint density at radius 2 is 1.71 bits per heavy atom. The molecule has 0 unspecified atom stereocenters. The van der Waals surface area contributed by atoms with E-state index < -0.39 is 6.03 Å². The van der Waals surface area contributed by atoms with Gasteiger partial charge in [-0.2, -0.15) is 0 Å². The number of amides is 3. The summed E-state index contributed by atoms with van der Waals surface area (Å²) in [4.78, 5) is 23.6. The average Bonchev–Trinajstić information content (AvgIpc) is 2.57. The summed E-state index contributed by atoms with van der Waals surface area (Å²) < 4.78 is 0. The molecule has 3 N–H and O–H groups in total. The van der Waals surface area contributed by atoms with Crippen molar-refractivity contribution in [3.63, 3.8) is 0 Å². The number of imide groups is 1. The van der Waals surface area contributed by atoms with Crippen molar-refractivity contribution >= 4 is 23.5 Å². The molecule has 0 heterocycles. The van der Waals surface area contributed by atoms with Crippen molar-refractivity contribution in [3.8, 4) is 0 Å². The first kappa shape index (κ1) is 20.5. The van der Waals surface area contributed by atoms with E-state index in [9.17, 15) is 9.59 Å². The third-order valence-corrected chi connectivity index (χ3v) is 4.51. The fourth-order valence-corrected chi connectivity index (χ4v) is 2.75. The summed E-state index contributed by atoms with van der Waals surface area (Å²) in [5.74, 6) is -0.343. The van der Waals surface area contributed by atoms with Crippen LogP contribution in [0.4, 0.5) is 4.79 Å². The Morgan fingerprint density at radius 3 is 2.25 bits per heavy atom. The maximum absolute atomic E-state index is 12.0. The highest BCUT2D eigenvalue weighted by molar-refractivity contribution is 6.30. The fourth-order valence-electron chi connectivity index (χ4n) is 2.62. The predicted molar refractivity (Wildman–Crippen MR) is 98.2 cm³/mol. The van der Waals surface area contributed by atoms with E-state index >= 15 is 0 Å². The number of carbonyl (C=O) groups is 2. The van der Waals surface area contributed by atoms with Gasteiger partial charge in [0.25, 0.3) is 0 Å². The van der Waals surface area contributed by atoms with Crippen molar-refractivity contribution in [1.82, 2.24) is 16.0 Å². The van der Waals surface area contributed by atoms with E-state index in [0.717, 1.165) is 31.2 Å². The number of carbonyl (C=O) groups excluding carboxylic acids is 2. The van der Waals surface area contributed by atoms with Crippen LogP contribution in [0.3, 0.4) is 0 Å².